The predicted octanol–water partition coefficient (Wildman–Crippen LogP) is 4.07. The summed E-state index contributed by atoms with van der Waals surface area (Å²) in [6.07, 6.45) is 0. The predicted molar refractivity (Wildman–Crippen MR) is 99.5 cm³/mol. The number of nitrogens with zero attached hydrogens (tertiary/aromatic N) is 4. The molecule has 0 bridgehead atoms. The first-order chi connectivity index (χ1) is 12.0. The molecule has 0 spiro atoms. The van der Waals surface area contributed by atoms with Crippen LogP contribution in [0, 0.1) is 6.92 Å². The van der Waals surface area contributed by atoms with Gasteiger partial charge in [0.15, 0.2) is 5.78 Å². The molecule has 2 aromatic carbocycles. The van der Waals surface area contributed by atoms with Crippen LogP contribution in [0.15, 0.2) is 53.7 Å². The maximum atomic E-state index is 12.4. The molecule has 5 nitrogen and oxygen atoms in total. The summed E-state index contributed by atoms with van der Waals surface area (Å²) in [7, 11) is 0. The number of thioether (sulfide) groups is 1. The molecule has 0 radical (unpaired) electrons. The minimum atomic E-state index is 0.0686. The molecule has 1 heterocycles. The molecule has 3 aromatic rings. The van der Waals surface area contributed by atoms with Gasteiger partial charge < -0.3 is 0 Å². The van der Waals surface area contributed by atoms with Crippen LogP contribution in [0.1, 0.15) is 41.3 Å². The zero-order valence-electron chi connectivity index (χ0n) is 14.5. The van der Waals surface area contributed by atoms with Gasteiger partial charge in [-0.1, -0.05) is 62.0 Å². The number of rotatable bonds is 6. The normalized spacial score (nSPS) is 11.0. The van der Waals surface area contributed by atoms with Crippen LogP contribution in [0.3, 0.4) is 0 Å². The first-order valence-electron chi connectivity index (χ1n) is 8.16. The Morgan fingerprint density at radius 1 is 1.16 bits per heavy atom. The maximum Gasteiger partial charge on any atom is 0.214 e. The van der Waals surface area contributed by atoms with E-state index in [0.717, 1.165) is 11.3 Å². The largest absolute Gasteiger partial charge is 0.293 e. The van der Waals surface area contributed by atoms with Crippen LogP contribution in [0.4, 0.5) is 0 Å². The molecule has 3 rings (SSSR count). The summed E-state index contributed by atoms with van der Waals surface area (Å²) in [6, 6.07) is 15.7. The van der Waals surface area contributed by atoms with E-state index in [0.29, 0.717) is 22.4 Å². The maximum absolute atomic E-state index is 12.4. The molecule has 0 amide bonds. The molecule has 0 atom stereocenters. The van der Waals surface area contributed by atoms with Gasteiger partial charge in [0, 0.05) is 5.56 Å². The third-order valence-corrected chi connectivity index (χ3v) is 4.84. The van der Waals surface area contributed by atoms with Gasteiger partial charge in [-0.3, -0.25) is 4.79 Å². The van der Waals surface area contributed by atoms with E-state index in [1.165, 1.54) is 17.3 Å². The summed E-state index contributed by atoms with van der Waals surface area (Å²) in [6.45, 7) is 6.29. The number of tetrazole rings is 1. The zero-order chi connectivity index (χ0) is 17.8. The van der Waals surface area contributed by atoms with Crippen molar-refractivity contribution in [1.29, 1.82) is 0 Å². The van der Waals surface area contributed by atoms with E-state index in [4.69, 9.17) is 0 Å². The Hall–Kier alpha value is -2.47. The van der Waals surface area contributed by atoms with Crippen LogP contribution >= 0.6 is 11.8 Å². The van der Waals surface area contributed by atoms with Crippen LogP contribution in [0.2, 0.25) is 0 Å². The van der Waals surface area contributed by atoms with E-state index in [9.17, 15) is 4.79 Å². The lowest BCUT2D eigenvalue weighted by atomic mass is 10.0. The Bertz CT molecular complexity index is 871. The van der Waals surface area contributed by atoms with E-state index in [1.54, 1.807) is 4.68 Å². The van der Waals surface area contributed by atoms with Gasteiger partial charge in [-0.05, 0) is 46.5 Å². The second-order valence-electron chi connectivity index (χ2n) is 6.20. The number of benzene rings is 2. The second kappa shape index (κ2) is 7.61. The van der Waals surface area contributed by atoms with Gasteiger partial charge in [0.05, 0.1) is 11.4 Å². The molecule has 6 heteroatoms. The average Bonchev–Trinajstić information content (AvgIpc) is 3.08. The Morgan fingerprint density at radius 3 is 2.60 bits per heavy atom. The number of hydrogen-bond donors (Lipinski definition) is 0. The monoisotopic (exact) mass is 352 g/mol. The van der Waals surface area contributed by atoms with Crippen LogP contribution in [0.5, 0.6) is 0 Å². The highest BCUT2D eigenvalue weighted by molar-refractivity contribution is 7.99. The number of aryl methyl sites for hydroxylation is 1. The Labute approximate surface area is 151 Å². The van der Waals surface area contributed by atoms with Crippen molar-refractivity contribution in [2.75, 3.05) is 5.75 Å². The lowest BCUT2D eigenvalue weighted by Gasteiger charge is -2.07. The third kappa shape index (κ3) is 4.14. The summed E-state index contributed by atoms with van der Waals surface area (Å²) in [5, 5.41) is 12.4. The van der Waals surface area contributed by atoms with Crippen molar-refractivity contribution in [2.24, 2.45) is 0 Å². The lowest BCUT2D eigenvalue weighted by Crippen LogP contribution is -2.05. The lowest BCUT2D eigenvalue weighted by molar-refractivity contribution is 0.102. The first-order valence-corrected chi connectivity index (χ1v) is 9.14. The fourth-order valence-electron chi connectivity index (χ4n) is 2.46. The standard InChI is InChI=1S/C19H20N4OS/c1-13(2)15-7-9-16(10-8-15)18(24)12-25-19-20-21-22-23(19)17-6-4-5-14(3)11-17/h4-11,13H,12H2,1-3H3. The van der Waals surface area contributed by atoms with Crippen molar-refractivity contribution in [3.8, 4) is 5.69 Å². The minimum Gasteiger partial charge on any atom is -0.293 e. The molecule has 0 saturated heterocycles. The number of Topliss-reactive ketones (excluding diaryl/α,β-unsaturated/α-hetero) is 1. The van der Waals surface area contributed by atoms with Crippen molar-refractivity contribution in [3.05, 3.63) is 65.2 Å². The van der Waals surface area contributed by atoms with Crippen molar-refractivity contribution < 1.29 is 4.79 Å². The fourth-order valence-corrected chi connectivity index (χ4v) is 3.24. The van der Waals surface area contributed by atoms with Crippen molar-refractivity contribution >= 4 is 17.5 Å². The molecule has 0 unspecified atom stereocenters. The van der Waals surface area contributed by atoms with Crippen molar-refractivity contribution in [2.45, 2.75) is 31.8 Å². The molecule has 0 fully saturated rings. The van der Waals surface area contributed by atoms with E-state index in [2.05, 4.69) is 29.4 Å². The van der Waals surface area contributed by atoms with Crippen LogP contribution in [-0.4, -0.2) is 31.7 Å². The summed E-state index contributed by atoms with van der Waals surface area (Å²) >= 11 is 1.35. The molecule has 1 aromatic heterocycles. The van der Waals surface area contributed by atoms with Gasteiger partial charge in [0.1, 0.15) is 0 Å². The third-order valence-electron chi connectivity index (χ3n) is 3.92. The summed E-state index contributed by atoms with van der Waals surface area (Å²) in [5.41, 5.74) is 3.96. The average molecular weight is 352 g/mol. The molecule has 0 aliphatic carbocycles. The first kappa shape index (κ1) is 17.4. The molecular weight excluding hydrogens is 332 g/mol. The van der Waals surface area contributed by atoms with Crippen molar-refractivity contribution in [1.82, 2.24) is 20.2 Å². The molecule has 0 N–H and O–H groups in total. The molecule has 0 saturated carbocycles. The summed E-state index contributed by atoms with van der Waals surface area (Å²) in [4.78, 5) is 12.4. The van der Waals surface area contributed by atoms with Crippen LogP contribution < -0.4 is 0 Å². The molecule has 128 valence electrons. The molecular formula is C19H20N4OS. The molecule has 0 aliphatic heterocycles. The number of ketones is 1. The van der Waals surface area contributed by atoms with Gasteiger partial charge in [-0.25, -0.2) is 0 Å². The minimum absolute atomic E-state index is 0.0686. The van der Waals surface area contributed by atoms with Gasteiger partial charge in [-0.2, -0.15) is 4.68 Å². The van der Waals surface area contributed by atoms with E-state index >= 15 is 0 Å². The highest BCUT2D eigenvalue weighted by Crippen LogP contribution is 2.21. The van der Waals surface area contributed by atoms with Crippen LogP contribution in [-0.2, 0) is 0 Å². The number of carbonyl (C=O) groups is 1. The van der Waals surface area contributed by atoms with E-state index < -0.39 is 0 Å². The Kier molecular flexibility index (Phi) is 5.28. The number of carbonyl (C=O) groups excluding carboxylic acids is 1. The fraction of sp³-hybridized carbons (Fsp3) is 0.263. The summed E-state index contributed by atoms with van der Waals surface area (Å²) < 4.78 is 1.66. The smallest absolute Gasteiger partial charge is 0.214 e. The topological polar surface area (TPSA) is 60.7 Å². The van der Waals surface area contributed by atoms with Gasteiger partial charge in [-0.15, -0.1) is 5.10 Å². The SMILES string of the molecule is Cc1cccc(-n2nnnc2SCC(=O)c2ccc(C(C)C)cc2)c1. The Morgan fingerprint density at radius 2 is 1.92 bits per heavy atom. The van der Waals surface area contributed by atoms with E-state index in [1.807, 2.05) is 55.5 Å². The second-order valence-corrected chi connectivity index (χ2v) is 7.14. The highest BCUT2D eigenvalue weighted by atomic mass is 32.2. The highest BCUT2D eigenvalue weighted by Gasteiger charge is 2.13. The van der Waals surface area contributed by atoms with E-state index in [-0.39, 0.29) is 5.78 Å². The number of hydrogen-bond acceptors (Lipinski definition) is 5. The molecule has 25 heavy (non-hydrogen) atoms. The zero-order valence-corrected chi connectivity index (χ0v) is 15.3. The number of aromatic nitrogens is 4. The van der Waals surface area contributed by atoms with Crippen molar-refractivity contribution in [3.63, 3.8) is 0 Å². The van der Waals surface area contributed by atoms with Gasteiger partial charge >= 0.3 is 0 Å². The van der Waals surface area contributed by atoms with Crippen LogP contribution in [0.25, 0.3) is 5.69 Å². The summed E-state index contributed by atoms with van der Waals surface area (Å²) in [5.74, 6) is 0.823. The molecule has 0 aliphatic rings. The Balaban J connectivity index is 1.70. The quantitative estimate of drug-likeness (QED) is 0.494. The van der Waals surface area contributed by atoms with Gasteiger partial charge in [0.25, 0.3) is 0 Å². The van der Waals surface area contributed by atoms with Gasteiger partial charge in [0.2, 0.25) is 5.16 Å².